The predicted molar refractivity (Wildman–Crippen MR) is 65.7 cm³/mol. The average Bonchev–Trinajstić information content (AvgIpc) is 2.89. The standard InChI is InChI=1S/C13H22N2O2/c1-3-17-13(7-4-5-8-13)12(16)10-11-6-9-15(2)14-11/h6,9,12,16H,3-5,7-8,10H2,1-2H3. The minimum atomic E-state index is -0.445. The third-order valence-electron chi connectivity index (χ3n) is 3.66. The molecule has 4 heteroatoms. The maximum absolute atomic E-state index is 10.4. The summed E-state index contributed by atoms with van der Waals surface area (Å²) in [6.07, 6.45) is 6.28. The molecule has 0 aliphatic heterocycles. The number of hydrogen-bond donors (Lipinski definition) is 1. The van der Waals surface area contributed by atoms with E-state index in [4.69, 9.17) is 4.74 Å². The van der Waals surface area contributed by atoms with E-state index in [1.165, 1.54) is 0 Å². The van der Waals surface area contributed by atoms with Crippen LogP contribution in [0.2, 0.25) is 0 Å². The van der Waals surface area contributed by atoms with Gasteiger partial charge in [0.25, 0.3) is 0 Å². The Labute approximate surface area is 103 Å². The average molecular weight is 238 g/mol. The smallest absolute Gasteiger partial charge is 0.0943 e. The number of aliphatic hydroxyl groups excluding tert-OH is 1. The number of rotatable bonds is 5. The van der Waals surface area contributed by atoms with Crippen LogP contribution in [0.3, 0.4) is 0 Å². The molecule has 1 aliphatic carbocycles. The maximum atomic E-state index is 10.4. The van der Waals surface area contributed by atoms with E-state index in [1.54, 1.807) is 4.68 Å². The summed E-state index contributed by atoms with van der Waals surface area (Å²) in [5.74, 6) is 0. The third-order valence-corrected chi connectivity index (χ3v) is 3.66. The van der Waals surface area contributed by atoms with Gasteiger partial charge in [0.05, 0.1) is 17.4 Å². The summed E-state index contributed by atoms with van der Waals surface area (Å²) in [5, 5.41) is 14.7. The molecule has 1 fully saturated rings. The molecule has 0 saturated heterocycles. The lowest BCUT2D eigenvalue weighted by molar-refractivity contribution is -0.115. The number of ether oxygens (including phenoxy) is 1. The first-order chi connectivity index (χ1) is 8.16. The molecule has 1 N–H and O–H groups in total. The summed E-state index contributed by atoms with van der Waals surface area (Å²) in [4.78, 5) is 0. The van der Waals surface area contributed by atoms with E-state index in [2.05, 4.69) is 5.10 Å². The Balaban J connectivity index is 2.03. The van der Waals surface area contributed by atoms with Gasteiger partial charge in [0.1, 0.15) is 0 Å². The van der Waals surface area contributed by atoms with Crippen molar-refractivity contribution in [3.63, 3.8) is 0 Å². The van der Waals surface area contributed by atoms with Gasteiger partial charge in [-0.2, -0.15) is 5.10 Å². The van der Waals surface area contributed by atoms with Crippen molar-refractivity contribution in [2.24, 2.45) is 7.05 Å². The largest absolute Gasteiger partial charge is 0.390 e. The summed E-state index contributed by atoms with van der Waals surface area (Å²) < 4.78 is 7.61. The van der Waals surface area contributed by atoms with Crippen molar-refractivity contribution in [1.29, 1.82) is 0 Å². The monoisotopic (exact) mass is 238 g/mol. The fraction of sp³-hybridized carbons (Fsp3) is 0.769. The van der Waals surface area contributed by atoms with Crippen LogP contribution in [0, 0.1) is 0 Å². The molecule has 1 aromatic heterocycles. The van der Waals surface area contributed by atoms with Crippen LogP contribution in [0.15, 0.2) is 12.3 Å². The molecule has 1 unspecified atom stereocenters. The first kappa shape index (κ1) is 12.6. The van der Waals surface area contributed by atoms with Crippen LogP contribution in [0.5, 0.6) is 0 Å². The molecule has 1 saturated carbocycles. The summed E-state index contributed by atoms with van der Waals surface area (Å²) in [5.41, 5.74) is 0.609. The first-order valence-electron chi connectivity index (χ1n) is 6.47. The number of aromatic nitrogens is 2. The normalized spacial score (nSPS) is 20.6. The summed E-state index contributed by atoms with van der Waals surface area (Å²) in [7, 11) is 1.89. The lowest BCUT2D eigenvalue weighted by Gasteiger charge is -2.33. The zero-order valence-electron chi connectivity index (χ0n) is 10.7. The molecular formula is C13H22N2O2. The highest BCUT2D eigenvalue weighted by Crippen LogP contribution is 2.37. The number of nitrogens with zero attached hydrogens (tertiary/aromatic N) is 2. The molecule has 96 valence electrons. The van der Waals surface area contributed by atoms with Crippen molar-refractivity contribution in [3.05, 3.63) is 18.0 Å². The highest BCUT2D eigenvalue weighted by molar-refractivity contribution is 5.05. The molecule has 17 heavy (non-hydrogen) atoms. The van der Waals surface area contributed by atoms with Gasteiger partial charge in [-0.3, -0.25) is 4.68 Å². The van der Waals surface area contributed by atoms with Crippen LogP contribution < -0.4 is 0 Å². The van der Waals surface area contributed by atoms with E-state index in [1.807, 2.05) is 26.2 Å². The molecular weight excluding hydrogens is 216 g/mol. The molecule has 0 aromatic carbocycles. The molecule has 4 nitrogen and oxygen atoms in total. The summed E-state index contributed by atoms with van der Waals surface area (Å²) in [6, 6.07) is 1.96. The molecule has 1 aromatic rings. The van der Waals surface area contributed by atoms with Crippen molar-refractivity contribution >= 4 is 0 Å². The predicted octanol–water partition coefficient (Wildman–Crippen LogP) is 1.67. The SMILES string of the molecule is CCOC1(C(O)Cc2ccn(C)n2)CCCC1. The summed E-state index contributed by atoms with van der Waals surface area (Å²) in [6.45, 7) is 2.66. The lowest BCUT2D eigenvalue weighted by Crippen LogP contribution is -2.43. The Kier molecular flexibility index (Phi) is 3.84. The highest BCUT2D eigenvalue weighted by atomic mass is 16.5. The second kappa shape index (κ2) is 5.19. The van der Waals surface area contributed by atoms with Crippen molar-refractivity contribution in [1.82, 2.24) is 9.78 Å². The molecule has 0 amide bonds. The van der Waals surface area contributed by atoms with Gasteiger partial charge < -0.3 is 9.84 Å². The van der Waals surface area contributed by atoms with E-state index >= 15 is 0 Å². The van der Waals surface area contributed by atoms with Gasteiger partial charge >= 0.3 is 0 Å². The van der Waals surface area contributed by atoms with E-state index in [0.717, 1.165) is 31.4 Å². The zero-order chi connectivity index (χ0) is 12.3. The fourth-order valence-corrected chi connectivity index (χ4v) is 2.79. The second-order valence-electron chi connectivity index (χ2n) is 4.91. The van der Waals surface area contributed by atoms with Crippen molar-refractivity contribution in [3.8, 4) is 0 Å². The number of aryl methyl sites for hydroxylation is 1. The second-order valence-corrected chi connectivity index (χ2v) is 4.91. The molecule has 1 atom stereocenters. The third kappa shape index (κ3) is 2.69. The van der Waals surface area contributed by atoms with Gasteiger partial charge in [0.2, 0.25) is 0 Å². The van der Waals surface area contributed by atoms with E-state index in [-0.39, 0.29) is 5.60 Å². The van der Waals surface area contributed by atoms with Crippen LogP contribution >= 0.6 is 0 Å². The fourth-order valence-electron chi connectivity index (χ4n) is 2.79. The first-order valence-corrected chi connectivity index (χ1v) is 6.47. The Bertz CT molecular complexity index is 356. The van der Waals surface area contributed by atoms with Crippen molar-refractivity contribution < 1.29 is 9.84 Å². The topological polar surface area (TPSA) is 47.3 Å². The van der Waals surface area contributed by atoms with Gasteiger partial charge in [0.15, 0.2) is 0 Å². The minimum Gasteiger partial charge on any atom is -0.390 e. The van der Waals surface area contributed by atoms with Crippen LogP contribution in [0.4, 0.5) is 0 Å². The Morgan fingerprint density at radius 2 is 2.24 bits per heavy atom. The van der Waals surface area contributed by atoms with Gasteiger partial charge in [0, 0.05) is 26.3 Å². The molecule has 1 aliphatic rings. The summed E-state index contributed by atoms with van der Waals surface area (Å²) >= 11 is 0. The molecule has 0 bridgehead atoms. The van der Waals surface area contributed by atoms with E-state index in [0.29, 0.717) is 13.0 Å². The zero-order valence-corrected chi connectivity index (χ0v) is 10.7. The lowest BCUT2D eigenvalue weighted by atomic mass is 9.91. The van der Waals surface area contributed by atoms with Crippen LogP contribution in [-0.2, 0) is 18.2 Å². The van der Waals surface area contributed by atoms with Crippen molar-refractivity contribution in [2.45, 2.75) is 50.7 Å². The molecule has 2 rings (SSSR count). The highest BCUT2D eigenvalue weighted by Gasteiger charge is 2.41. The minimum absolute atomic E-state index is 0.327. The molecule has 0 spiro atoms. The van der Waals surface area contributed by atoms with Gasteiger partial charge in [-0.15, -0.1) is 0 Å². The molecule has 0 radical (unpaired) electrons. The maximum Gasteiger partial charge on any atom is 0.0943 e. The van der Waals surface area contributed by atoms with Gasteiger partial charge in [-0.05, 0) is 25.8 Å². The van der Waals surface area contributed by atoms with E-state index in [9.17, 15) is 5.11 Å². The number of hydrogen-bond acceptors (Lipinski definition) is 3. The van der Waals surface area contributed by atoms with Crippen molar-refractivity contribution in [2.75, 3.05) is 6.61 Å². The number of aliphatic hydroxyl groups is 1. The van der Waals surface area contributed by atoms with Gasteiger partial charge in [-0.25, -0.2) is 0 Å². The van der Waals surface area contributed by atoms with Crippen LogP contribution in [0.25, 0.3) is 0 Å². The van der Waals surface area contributed by atoms with Crippen LogP contribution in [0.1, 0.15) is 38.3 Å². The Morgan fingerprint density at radius 1 is 1.53 bits per heavy atom. The van der Waals surface area contributed by atoms with Crippen LogP contribution in [-0.4, -0.2) is 33.2 Å². The van der Waals surface area contributed by atoms with Gasteiger partial charge in [-0.1, -0.05) is 12.8 Å². The van der Waals surface area contributed by atoms with E-state index < -0.39 is 6.10 Å². The Morgan fingerprint density at radius 3 is 2.76 bits per heavy atom. The molecule has 1 heterocycles. The quantitative estimate of drug-likeness (QED) is 0.849. The Hall–Kier alpha value is -0.870.